The van der Waals surface area contributed by atoms with Gasteiger partial charge in [-0.25, -0.2) is 4.98 Å². The van der Waals surface area contributed by atoms with Crippen molar-refractivity contribution in [3.63, 3.8) is 0 Å². The van der Waals surface area contributed by atoms with Crippen molar-refractivity contribution < 1.29 is 14.3 Å². The fraction of sp³-hybridized carbons (Fsp3) is 0.586. The SMILES string of the molecule is CCC1CN(C2CCCC2)c2nc(Nc3ccc(C(=O)NC4CCN(C)CC4)cc3OC)ncc2N(C)C1=O. The van der Waals surface area contributed by atoms with Crippen LogP contribution >= 0.6 is 0 Å². The summed E-state index contributed by atoms with van der Waals surface area (Å²) in [6.45, 7) is 4.71. The lowest BCUT2D eigenvalue weighted by molar-refractivity contribution is -0.121. The number of likely N-dealkylation sites (tertiary alicyclic amines) is 1. The molecule has 3 heterocycles. The van der Waals surface area contributed by atoms with Crippen LogP contribution in [0.4, 0.5) is 23.1 Å². The van der Waals surface area contributed by atoms with Crippen molar-refractivity contribution in [3.05, 3.63) is 30.0 Å². The van der Waals surface area contributed by atoms with Gasteiger partial charge in [0.15, 0.2) is 5.82 Å². The Kier molecular flexibility index (Phi) is 8.20. The van der Waals surface area contributed by atoms with Crippen LogP contribution in [-0.4, -0.2) is 79.6 Å². The zero-order valence-electron chi connectivity index (χ0n) is 23.6. The maximum Gasteiger partial charge on any atom is 0.251 e. The van der Waals surface area contributed by atoms with Gasteiger partial charge in [0, 0.05) is 31.2 Å². The predicted molar refractivity (Wildman–Crippen MR) is 153 cm³/mol. The first-order valence-electron chi connectivity index (χ1n) is 14.2. The smallest absolute Gasteiger partial charge is 0.251 e. The van der Waals surface area contributed by atoms with Gasteiger partial charge < -0.3 is 30.1 Å². The lowest BCUT2D eigenvalue weighted by atomic mass is 10.0. The molecule has 2 N–H and O–H groups in total. The summed E-state index contributed by atoms with van der Waals surface area (Å²) in [4.78, 5) is 41.9. The third-order valence-corrected chi connectivity index (χ3v) is 8.50. The maximum atomic E-state index is 13.2. The quantitative estimate of drug-likeness (QED) is 0.552. The van der Waals surface area contributed by atoms with Gasteiger partial charge in [-0.3, -0.25) is 9.59 Å². The summed E-state index contributed by atoms with van der Waals surface area (Å²) in [6, 6.07) is 5.93. The number of fused-ring (bicyclic) bond motifs is 1. The van der Waals surface area contributed by atoms with Gasteiger partial charge in [-0.1, -0.05) is 19.8 Å². The largest absolute Gasteiger partial charge is 0.495 e. The Morgan fingerprint density at radius 3 is 2.56 bits per heavy atom. The molecule has 1 aromatic carbocycles. The fourth-order valence-electron chi connectivity index (χ4n) is 5.99. The van der Waals surface area contributed by atoms with E-state index in [0.29, 0.717) is 35.5 Å². The summed E-state index contributed by atoms with van der Waals surface area (Å²) in [5, 5.41) is 6.45. The van der Waals surface area contributed by atoms with E-state index in [1.54, 1.807) is 30.3 Å². The number of piperidine rings is 1. The normalized spacial score (nSPS) is 21.0. The van der Waals surface area contributed by atoms with Crippen LogP contribution in [0.3, 0.4) is 0 Å². The van der Waals surface area contributed by atoms with Crippen LogP contribution in [-0.2, 0) is 4.79 Å². The molecule has 1 aliphatic carbocycles. The summed E-state index contributed by atoms with van der Waals surface area (Å²) in [6.07, 6.45) is 9.03. The number of carbonyl (C=O) groups is 2. The summed E-state index contributed by atoms with van der Waals surface area (Å²) < 4.78 is 5.64. The highest BCUT2D eigenvalue weighted by Gasteiger charge is 2.36. The molecule has 2 aromatic rings. The molecule has 39 heavy (non-hydrogen) atoms. The summed E-state index contributed by atoms with van der Waals surface area (Å²) >= 11 is 0. The lowest BCUT2D eigenvalue weighted by Crippen LogP contribution is -2.43. The van der Waals surface area contributed by atoms with E-state index in [2.05, 4.69) is 39.4 Å². The molecule has 5 rings (SSSR count). The van der Waals surface area contributed by atoms with Crippen LogP contribution in [0.15, 0.2) is 24.4 Å². The maximum absolute atomic E-state index is 13.2. The first-order chi connectivity index (χ1) is 18.9. The molecule has 0 spiro atoms. The predicted octanol–water partition coefficient (Wildman–Crippen LogP) is 3.80. The number of benzene rings is 1. The number of nitrogens with zero attached hydrogens (tertiary/aromatic N) is 5. The standard InChI is InChI=1S/C29H41N7O3/c1-5-19-18-36(22-8-6-7-9-22)26-24(35(3)28(19)38)17-30-29(33-26)32-23-11-10-20(16-25(23)39-4)27(37)31-21-12-14-34(2)15-13-21/h10-11,16-17,19,21-22H,5-9,12-15,18H2,1-4H3,(H,31,37)(H,30,32,33). The third-order valence-electron chi connectivity index (χ3n) is 8.50. The molecule has 10 heteroatoms. The molecule has 210 valence electrons. The zero-order valence-corrected chi connectivity index (χ0v) is 23.6. The molecule has 0 bridgehead atoms. The minimum atomic E-state index is -0.0962. The molecular weight excluding hydrogens is 494 g/mol. The number of hydrogen-bond acceptors (Lipinski definition) is 8. The van der Waals surface area contributed by atoms with Crippen molar-refractivity contribution >= 4 is 35.0 Å². The van der Waals surface area contributed by atoms with Crippen molar-refractivity contribution in [2.75, 3.05) is 56.0 Å². The third kappa shape index (κ3) is 5.80. The lowest BCUT2D eigenvalue weighted by Gasteiger charge is -2.31. The van der Waals surface area contributed by atoms with Crippen molar-refractivity contribution in [1.82, 2.24) is 20.2 Å². The van der Waals surface area contributed by atoms with Gasteiger partial charge in [0.1, 0.15) is 11.4 Å². The second-order valence-corrected chi connectivity index (χ2v) is 11.1. The van der Waals surface area contributed by atoms with Crippen molar-refractivity contribution in [2.45, 2.75) is 64.0 Å². The van der Waals surface area contributed by atoms with Crippen molar-refractivity contribution in [3.8, 4) is 5.75 Å². The number of aromatic nitrogens is 2. The van der Waals surface area contributed by atoms with Gasteiger partial charge >= 0.3 is 0 Å². The van der Waals surface area contributed by atoms with E-state index in [1.807, 2.05) is 13.1 Å². The highest BCUT2D eigenvalue weighted by molar-refractivity contribution is 5.99. The molecular formula is C29H41N7O3. The number of carbonyl (C=O) groups excluding carboxylic acids is 2. The Bertz CT molecular complexity index is 1190. The molecule has 2 aliphatic heterocycles. The molecule has 0 radical (unpaired) electrons. The molecule has 1 unspecified atom stereocenters. The Balaban J connectivity index is 1.38. The van der Waals surface area contributed by atoms with Crippen LogP contribution in [0.5, 0.6) is 5.75 Å². The Labute approximate surface area is 231 Å². The minimum absolute atomic E-state index is 0.0745. The Morgan fingerprint density at radius 2 is 1.87 bits per heavy atom. The number of anilines is 4. The molecule has 2 amide bonds. The number of amides is 2. The van der Waals surface area contributed by atoms with Gasteiger partial charge in [-0.05, 0) is 70.4 Å². The Morgan fingerprint density at radius 1 is 1.13 bits per heavy atom. The van der Waals surface area contributed by atoms with E-state index in [4.69, 9.17) is 9.72 Å². The average Bonchev–Trinajstić information content (AvgIpc) is 3.46. The van der Waals surface area contributed by atoms with E-state index < -0.39 is 0 Å². The summed E-state index contributed by atoms with van der Waals surface area (Å²) in [5.74, 6) is 1.69. The van der Waals surface area contributed by atoms with E-state index in [9.17, 15) is 9.59 Å². The van der Waals surface area contributed by atoms with Crippen LogP contribution < -0.4 is 25.2 Å². The van der Waals surface area contributed by atoms with Crippen LogP contribution in [0.2, 0.25) is 0 Å². The van der Waals surface area contributed by atoms with E-state index in [-0.39, 0.29) is 23.8 Å². The van der Waals surface area contributed by atoms with Crippen molar-refractivity contribution in [1.29, 1.82) is 0 Å². The second kappa shape index (κ2) is 11.8. The average molecular weight is 536 g/mol. The fourth-order valence-corrected chi connectivity index (χ4v) is 5.99. The van der Waals surface area contributed by atoms with E-state index in [0.717, 1.165) is 56.7 Å². The molecule has 3 aliphatic rings. The van der Waals surface area contributed by atoms with Gasteiger partial charge in [-0.15, -0.1) is 0 Å². The van der Waals surface area contributed by atoms with Crippen LogP contribution in [0.25, 0.3) is 0 Å². The summed E-state index contributed by atoms with van der Waals surface area (Å²) in [5.41, 5.74) is 1.96. The number of rotatable bonds is 7. The van der Waals surface area contributed by atoms with Gasteiger partial charge in [0.25, 0.3) is 5.91 Å². The molecule has 1 aromatic heterocycles. The number of nitrogens with one attached hydrogen (secondary N) is 2. The van der Waals surface area contributed by atoms with Crippen LogP contribution in [0.1, 0.15) is 62.2 Å². The number of hydrogen-bond donors (Lipinski definition) is 2. The van der Waals surface area contributed by atoms with Gasteiger partial charge in [-0.2, -0.15) is 4.98 Å². The first-order valence-corrected chi connectivity index (χ1v) is 14.2. The molecule has 10 nitrogen and oxygen atoms in total. The highest BCUT2D eigenvalue weighted by atomic mass is 16.5. The first kappa shape index (κ1) is 27.2. The van der Waals surface area contributed by atoms with Gasteiger partial charge in [0.2, 0.25) is 11.9 Å². The number of methoxy groups -OCH3 is 1. The van der Waals surface area contributed by atoms with Crippen LogP contribution in [0, 0.1) is 5.92 Å². The minimum Gasteiger partial charge on any atom is -0.495 e. The number of ether oxygens (including phenoxy) is 1. The summed E-state index contributed by atoms with van der Waals surface area (Å²) in [7, 11) is 5.51. The molecule has 1 saturated heterocycles. The molecule has 1 saturated carbocycles. The topological polar surface area (TPSA) is 103 Å². The Hall–Kier alpha value is -3.40. The van der Waals surface area contributed by atoms with Gasteiger partial charge in [0.05, 0.1) is 24.9 Å². The second-order valence-electron chi connectivity index (χ2n) is 11.1. The van der Waals surface area contributed by atoms with Crippen molar-refractivity contribution in [2.24, 2.45) is 5.92 Å². The molecule has 2 fully saturated rings. The van der Waals surface area contributed by atoms with E-state index in [1.165, 1.54) is 12.8 Å². The molecule has 1 atom stereocenters. The highest BCUT2D eigenvalue weighted by Crippen LogP contribution is 2.38. The van der Waals surface area contributed by atoms with E-state index >= 15 is 0 Å². The zero-order chi connectivity index (χ0) is 27.5. The monoisotopic (exact) mass is 535 g/mol.